The molecule has 0 bridgehead atoms. The van der Waals surface area contributed by atoms with Crippen LogP contribution in [0.15, 0.2) is 0 Å². The number of hydrogen-bond acceptors (Lipinski definition) is 2. The molecule has 0 radical (unpaired) electrons. The zero-order valence-electron chi connectivity index (χ0n) is 9.46. The first kappa shape index (κ1) is 12.1. The first-order valence-electron chi connectivity index (χ1n) is 5.74. The lowest BCUT2D eigenvalue weighted by Gasteiger charge is -2.28. The van der Waals surface area contributed by atoms with E-state index in [0.29, 0.717) is 5.92 Å². The smallest absolute Gasteiger partial charge is 0.298 e. The molecule has 1 heterocycles. The summed E-state index contributed by atoms with van der Waals surface area (Å²) in [6.07, 6.45) is 8.43. The molecule has 15 heavy (non-hydrogen) atoms. The molecule has 1 N–H and O–H groups in total. The van der Waals surface area contributed by atoms with Gasteiger partial charge in [-0.2, -0.15) is 0 Å². The van der Waals surface area contributed by atoms with Crippen molar-refractivity contribution in [3.63, 3.8) is 0 Å². The molecule has 0 aromatic carbocycles. The van der Waals surface area contributed by atoms with E-state index in [1.807, 2.05) is 4.90 Å². The van der Waals surface area contributed by atoms with E-state index < -0.39 is 0 Å². The van der Waals surface area contributed by atoms with Crippen LogP contribution in [-0.4, -0.2) is 37.0 Å². The summed E-state index contributed by atoms with van der Waals surface area (Å²) in [7, 11) is 0. The molecule has 3 heteroatoms. The molecular formula is C12H20N2O. The number of nitrogens with zero attached hydrogens (tertiary/aromatic N) is 1. The minimum atomic E-state index is -0.157. The van der Waals surface area contributed by atoms with Gasteiger partial charge in [0.05, 0.1) is 0 Å². The van der Waals surface area contributed by atoms with Crippen LogP contribution < -0.4 is 5.32 Å². The third-order valence-electron chi connectivity index (χ3n) is 2.84. The minimum Gasteiger partial charge on any atom is -0.332 e. The molecule has 1 fully saturated rings. The quantitative estimate of drug-likeness (QED) is 0.695. The largest absolute Gasteiger partial charge is 0.332 e. The number of amides is 1. The van der Waals surface area contributed by atoms with Gasteiger partial charge in [0, 0.05) is 13.1 Å². The third-order valence-corrected chi connectivity index (χ3v) is 2.84. The fourth-order valence-electron chi connectivity index (χ4n) is 2.01. The van der Waals surface area contributed by atoms with Crippen LogP contribution in [0.3, 0.4) is 0 Å². The maximum absolute atomic E-state index is 11.4. The lowest BCUT2D eigenvalue weighted by Crippen LogP contribution is -2.39. The van der Waals surface area contributed by atoms with Crippen LogP contribution in [0.2, 0.25) is 0 Å². The Morgan fingerprint density at radius 1 is 1.53 bits per heavy atom. The number of carbonyl (C=O) groups is 1. The fraction of sp³-hybridized carbons (Fsp3) is 0.750. The average Bonchev–Trinajstić information content (AvgIpc) is 2.29. The molecule has 1 saturated heterocycles. The Bertz CT molecular complexity index is 238. The van der Waals surface area contributed by atoms with Gasteiger partial charge in [0.2, 0.25) is 0 Å². The maximum Gasteiger partial charge on any atom is 0.298 e. The molecule has 0 aliphatic carbocycles. The zero-order chi connectivity index (χ0) is 11.1. The Morgan fingerprint density at radius 2 is 2.20 bits per heavy atom. The van der Waals surface area contributed by atoms with Crippen molar-refractivity contribution < 1.29 is 4.79 Å². The maximum atomic E-state index is 11.4. The molecule has 0 atom stereocenters. The predicted molar refractivity (Wildman–Crippen MR) is 61.3 cm³/mol. The highest BCUT2D eigenvalue weighted by atomic mass is 16.2. The normalized spacial score (nSPS) is 17.1. The second-order valence-corrected chi connectivity index (χ2v) is 4.09. The molecule has 0 aromatic rings. The highest BCUT2D eigenvalue weighted by Crippen LogP contribution is 2.13. The summed E-state index contributed by atoms with van der Waals surface area (Å²) in [5, 5.41) is 3.32. The third kappa shape index (κ3) is 3.93. The van der Waals surface area contributed by atoms with Gasteiger partial charge in [0.1, 0.15) is 0 Å². The summed E-state index contributed by atoms with van der Waals surface area (Å²) in [6.45, 7) is 5.81. The second-order valence-electron chi connectivity index (χ2n) is 4.09. The van der Waals surface area contributed by atoms with Crippen molar-refractivity contribution in [3.8, 4) is 12.3 Å². The Morgan fingerprint density at radius 3 is 2.73 bits per heavy atom. The van der Waals surface area contributed by atoms with Crippen LogP contribution in [0.1, 0.15) is 26.2 Å². The Labute approximate surface area is 92.2 Å². The highest BCUT2D eigenvalue weighted by molar-refractivity contribution is 5.92. The van der Waals surface area contributed by atoms with Crippen molar-refractivity contribution in [3.05, 3.63) is 0 Å². The minimum absolute atomic E-state index is 0.157. The lowest BCUT2D eigenvalue weighted by molar-refractivity contribution is -0.125. The van der Waals surface area contributed by atoms with Gasteiger partial charge >= 0.3 is 0 Å². The number of terminal acetylenes is 1. The van der Waals surface area contributed by atoms with Crippen LogP contribution in [0, 0.1) is 18.3 Å². The van der Waals surface area contributed by atoms with E-state index in [4.69, 9.17) is 6.42 Å². The topological polar surface area (TPSA) is 32.3 Å². The molecule has 1 aliphatic rings. The van der Waals surface area contributed by atoms with E-state index >= 15 is 0 Å². The summed E-state index contributed by atoms with van der Waals surface area (Å²) in [6, 6.07) is 0. The number of rotatable bonds is 4. The first-order valence-corrected chi connectivity index (χ1v) is 5.74. The number of piperidine rings is 1. The molecule has 1 aliphatic heterocycles. The summed E-state index contributed by atoms with van der Waals surface area (Å²) >= 11 is 0. The SMILES string of the molecule is C#CC(=O)N(CCC)CC1CCNCC1. The van der Waals surface area contributed by atoms with Crippen molar-refractivity contribution in [1.29, 1.82) is 0 Å². The molecule has 0 spiro atoms. The Kier molecular flexibility index (Phi) is 5.20. The molecule has 1 rings (SSSR count). The summed E-state index contributed by atoms with van der Waals surface area (Å²) in [5.41, 5.74) is 0. The van der Waals surface area contributed by atoms with Gasteiger partial charge in [-0.25, -0.2) is 0 Å². The first-order chi connectivity index (χ1) is 7.27. The van der Waals surface area contributed by atoms with E-state index in [9.17, 15) is 4.79 Å². The Hall–Kier alpha value is -1.01. The van der Waals surface area contributed by atoms with E-state index in [-0.39, 0.29) is 5.91 Å². The van der Waals surface area contributed by atoms with Gasteiger partial charge < -0.3 is 10.2 Å². The van der Waals surface area contributed by atoms with Crippen molar-refractivity contribution >= 4 is 5.91 Å². The highest BCUT2D eigenvalue weighted by Gasteiger charge is 2.18. The van der Waals surface area contributed by atoms with Gasteiger partial charge in [0.15, 0.2) is 0 Å². The van der Waals surface area contributed by atoms with Gasteiger partial charge in [-0.05, 0) is 44.2 Å². The van der Waals surface area contributed by atoms with Crippen molar-refractivity contribution in [2.75, 3.05) is 26.2 Å². The van der Waals surface area contributed by atoms with Crippen LogP contribution in [0.4, 0.5) is 0 Å². The van der Waals surface area contributed by atoms with Crippen molar-refractivity contribution in [2.24, 2.45) is 5.92 Å². The van der Waals surface area contributed by atoms with Gasteiger partial charge in [0.25, 0.3) is 5.91 Å². The standard InChI is InChI=1S/C12H20N2O/c1-3-9-14(12(15)4-2)10-11-5-7-13-8-6-11/h2,11,13H,3,5-10H2,1H3. The van der Waals surface area contributed by atoms with E-state index in [1.54, 1.807) is 0 Å². The monoisotopic (exact) mass is 208 g/mol. The number of carbonyl (C=O) groups excluding carboxylic acids is 1. The summed E-state index contributed by atoms with van der Waals surface area (Å²) in [5.74, 6) is 2.67. The molecule has 0 unspecified atom stereocenters. The van der Waals surface area contributed by atoms with Crippen LogP contribution in [-0.2, 0) is 4.79 Å². The predicted octanol–water partition coefficient (Wildman–Crippen LogP) is 0.858. The Balaban J connectivity index is 2.42. The molecule has 3 nitrogen and oxygen atoms in total. The van der Waals surface area contributed by atoms with Crippen LogP contribution >= 0.6 is 0 Å². The summed E-state index contributed by atoms with van der Waals surface area (Å²) < 4.78 is 0. The zero-order valence-corrected chi connectivity index (χ0v) is 9.46. The average molecular weight is 208 g/mol. The van der Waals surface area contributed by atoms with Crippen molar-refractivity contribution in [2.45, 2.75) is 26.2 Å². The molecule has 0 aromatic heterocycles. The van der Waals surface area contributed by atoms with Crippen molar-refractivity contribution in [1.82, 2.24) is 10.2 Å². The number of hydrogen-bond donors (Lipinski definition) is 1. The fourth-order valence-corrected chi connectivity index (χ4v) is 2.01. The molecule has 0 saturated carbocycles. The number of nitrogens with one attached hydrogen (secondary N) is 1. The van der Waals surface area contributed by atoms with E-state index in [0.717, 1.165) is 45.4 Å². The van der Waals surface area contributed by atoms with Gasteiger partial charge in [-0.15, -0.1) is 6.42 Å². The van der Waals surface area contributed by atoms with Crippen LogP contribution in [0.25, 0.3) is 0 Å². The van der Waals surface area contributed by atoms with Gasteiger partial charge in [-0.3, -0.25) is 4.79 Å². The van der Waals surface area contributed by atoms with Gasteiger partial charge in [-0.1, -0.05) is 6.92 Å². The molecule has 84 valence electrons. The second kappa shape index (κ2) is 6.47. The lowest BCUT2D eigenvalue weighted by atomic mass is 9.97. The molecule has 1 amide bonds. The van der Waals surface area contributed by atoms with E-state index in [1.165, 1.54) is 0 Å². The molecular weight excluding hydrogens is 188 g/mol. The van der Waals surface area contributed by atoms with Crippen LogP contribution in [0.5, 0.6) is 0 Å². The van der Waals surface area contributed by atoms with E-state index in [2.05, 4.69) is 18.2 Å². The summed E-state index contributed by atoms with van der Waals surface area (Å²) in [4.78, 5) is 13.3.